The zero-order chi connectivity index (χ0) is 14.2. The first-order valence-corrected chi connectivity index (χ1v) is 6.97. The Morgan fingerprint density at radius 3 is 2.45 bits per heavy atom. The van der Waals surface area contributed by atoms with Gasteiger partial charge in [0.25, 0.3) is 0 Å². The average Bonchev–Trinajstić information content (AvgIpc) is 2.52. The molecule has 0 spiro atoms. The summed E-state index contributed by atoms with van der Waals surface area (Å²) in [5, 5.41) is 8.26. The van der Waals surface area contributed by atoms with Crippen LogP contribution in [0.1, 0.15) is 25.1 Å². The minimum atomic E-state index is -0.0487. The Balaban J connectivity index is 2.19. The van der Waals surface area contributed by atoms with Crippen LogP contribution >= 0.6 is 0 Å². The molecule has 1 N–H and O–H groups in total. The Labute approximate surface area is 121 Å². The van der Waals surface area contributed by atoms with Crippen LogP contribution in [0.2, 0.25) is 0 Å². The fourth-order valence-corrected chi connectivity index (χ4v) is 2.03. The minimum absolute atomic E-state index is 0.0487. The molecule has 0 aliphatic heterocycles. The Hall–Kier alpha value is -2.00. The van der Waals surface area contributed by atoms with E-state index in [9.17, 15) is 0 Å². The summed E-state index contributed by atoms with van der Waals surface area (Å²) in [4.78, 5) is 0. The standard InChI is InChI=1S/C17H21N2O/c1-3-13-18-17(14-9-5-4-6-10-14)19-15-11-7-8-12-16(15)20-2/h4-12,17-18H,3,13H2,1-2H3/t17-/m0/s1. The van der Waals surface area contributed by atoms with Gasteiger partial charge < -0.3 is 4.74 Å². The molecule has 3 nitrogen and oxygen atoms in total. The molecule has 2 aromatic rings. The summed E-state index contributed by atoms with van der Waals surface area (Å²) >= 11 is 0. The second-order valence-corrected chi connectivity index (χ2v) is 4.57. The summed E-state index contributed by atoms with van der Waals surface area (Å²) in [5.41, 5.74) is 2.03. The van der Waals surface area contributed by atoms with Crippen molar-refractivity contribution in [1.29, 1.82) is 0 Å². The van der Waals surface area contributed by atoms with Crippen molar-refractivity contribution in [2.24, 2.45) is 0 Å². The monoisotopic (exact) mass is 269 g/mol. The quantitative estimate of drug-likeness (QED) is 0.833. The first kappa shape index (κ1) is 14.4. The van der Waals surface area contributed by atoms with E-state index < -0.39 is 0 Å². The molecule has 0 amide bonds. The number of hydrogen-bond acceptors (Lipinski definition) is 2. The molecule has 20 heavy (non-hydrogen) atoms. The maximum atomic E-state index is 5.37. The van der Waals surface area contributed by atoms with Crippen LogP contribution in [0.5, 0.6) is 5.75 Å². The lowest BCUT2D eigenvalue weighted by Gasteiger charge is -2.20. The summed E-state index contributed by atoms with van der Waals surface area (Å²) < 4.78 is 5.37. The van der Waals surface area contributed by atoms with E-state index in [-0.39, 0.29) is 6.17 Å². The van der Waals surface area contributed by atoms with Gasteiger partial charge in [-0.3, -0.25) is 10.6 Å². The predicted octanol–water partition coefficient (Wildman–Crippen LogP) is 3.63. The largest absolute Gasteiger partial charge is 0.495 e. The summed E-state index contributed by atoms with van der Waals surface area (Å²) in [6, 6.07) is 18.1. The van der Waals surface area contributed by atoms with Gasteiger partial charge in [0.2, 0.25) is 0 Å². The first-order valence-electron chi connectivity index (χ1n) is 6.97. The van der Waals surface area contributed by atoms with Crippen molar-refractivity contribution in [3.8, 4) is 5.75 Å². The molecule has 1 atom stereocenters. The summed E-state index contributed by atoms with van der Waals surface area (Å²) in [5.74, 6) is 0.798. The third-order valence-electron chi connectivity index (χ3n) is 3.06. The molecule has 1 radical (unpaired) electrons. The van der Waals surface area contributed by atoms with E-state index in [0.29, 0.717) is 0 Å². The summed E-state index contributed by atoms with van der Waals surface area (Å²) in [7, 11) is 1.67. The van der Waals surface area contributed by atoms with Crippen LogP contribution in [0.15, 0.2) is 54.6 Å². The van der Waals surface area contributed by atoms with Gasteiger partial charge in [-0.15, -0.1) is 0 Å². The van der Waals surface area contributed by atoms with E-state index in [0.717, 1.165) is 30.0 Å². The molecule has 105 valence electrons. The molecule has 0 aromatic heterocycles. The smallest absolute Gasteiger partial charge is 0.144 e. The third-order valence-corrected chi connectivity index (χ3v) is 3.06. The normalized spacial score (nSPS) is 11.9. The fraction of sp³-hybridized carbons (Fsp3) is 0.294. The molecular weight excluding hydrogens is 248 g/mol. The van der Waals surface area contributed by atoms with Crippen molar-refractivity contribution in [2.45, 2.75) is 19.5 Å². The second kappa shape index (κ2) is 7.56. The van der Waals surface area contributed by atoms with Crippen molar-refractivity contribution in [1.82, 2.24) is 10.6 Å². The Bertz CT molecular complexity index is 513. The molecule has 2 aromatic carbocycles. The lowest BCUT2D eigenvalue weighted by molar-refractivity contribution is 0.406. The van der Waals surface area contributed by atoms with Crippen LogP contribution in [0.3, 0.4) is 0 Å². The molecule has 0 aliphatic carbocycles. The van der Waals surface area contributed by atoms with Crippen LogP contribution in [0.25, 0.3) is 0 Å². The van der Waals surface area contributed by atoms with Crippen LogP contribution < -0.4 is 15.4 Å². The van der Waals surface area contributed by atoms with E-state index in [1.807, 2.05) is 42.5 Å². The number of ether oxygens (including phenoxy) is 1. The van der Waals surface area contributed by atoms with Crippen LogP contribution in [-0.4, -0.2) is 13.7 Å². The lowest BCUT2D eigenvalue weighted by atomic mass is 10.1. The molecule has 0 bridgehead atoms. The maximum absolute atomic E-state index is 5.37. The van der Waals surface area contributed by atoms with Gasteiger partial charge in [-0.25, -0.2) is 0 Å². The van der Waals surface area contributed by atoms with Gasteiger partial charge in [0.1, 0.15) is 17.6 Å². The Kier molecular flexibility index (Phi) is 5.44. The van der Waals surface area contributed by atoms with E-state index in [2.05, 4.69) is 24.4 Å². The number of para-hydroxylation sites is 2. The van der Waals surface area contributed by atoms with E-state index in [1.54, 1.807) is 7.11 Å². The van der Waals surface area contributed by atoms with Crippen molar-refractivity contribution in [2.75, 3.05) is 13.7 Å². The van der Waals surface area contributed by atoms with Crippen molar-refractivity contribution >= 4 is 5.69 Å². The molecule has 0 saturated carbocycles. The van der Waals surface area contributed by atoms with E-state index >= 15 is 0 Å². The van der Waals surface area contributed by atoms with E-state index in [1.165, 1.54) is 0 Å². The summed E-state index contributed by atoms with van der Waals surface area (Å²) in [6.45, 7) is 3.08. The maximum Gasteiger partial charge on any atom is 0.144 e. The molecule has 3 heteroatoms. The van der Waals surface area contributed by atoms with Crippen LogP contribution in [0.4, 0.5) is 5.69 Å². The van der Waals surface area contributed by atoms with Crippen LogP contribution in [-0.2, 0) is 0 Å². The SMILES string of the molecule is CCCN[C@@H]([N]c1ccccc1OC)c1ccccc1. The highest BCUT2D eigenvalue weighted by Gasteiger charge is 2.14. The van der Waals surface area contributed by atoms with Crippen LogP contribution in [0, 0.1) is 0 Å². The van der Waals surface area contributed by atoms with Crippen molar-refractivity contribution < 1.29 is 4.74 Å². The van der Waals surface area contributed by atoms with Gasteiger partial charge in [-0.1, -0.05) is 49.4 Å². The van der Waals surface area contributed by atoms with Gasteiger partial charge in [0, 0.05) is 0 Å². The summed E-state index contributed by atoms with van der Waals surface area (Å²) in [6.07, 6.45) is 1.03. The number of rotatable bonds is 7. The molecule has 0 fully saturated rings. The second-order valence-electron chi connectivity index (χ2n) is 4.57. The highest BCUT2D eigenvalue weighted by atomic mass is 16.5. The Morgan fingerprint density at radius 1 is 1.05 bits per heavy atom. The number of benzene rings is 2. The van der Waals surface area contributed by atoms with Gasteiger partial charge >= 0.3 is 0 Å². The molecule has 2 rings (SSSR count). The van der Waals surface area contributed by atoms with Gasteiger partial charge in [0.05, 0.1) is 7.11 Å². The van der Waals surface area contributed by atoms with Crippen molar-refractivity contribution in [3.05, 3.63) is 60.2 Å². The highest BCUT2D eigenvalue weighted by Crippen LogP contribution is 2.27. The lowest BCUT2D eigenvalue weighted by Crippen LogP contribution is -2.28. The third kappa shape index (κ3) is 3.75. The molecule has 0 aliphatic rings. The fourth-order valence-electron chi connectivity index (χ4n) is 2.03. The average molecular weight is 269 g/mol. The topological polar surface area (TPSA) is 35.4 Å². The first-order chi connectivity index (χ1) is 9.85. The molecule has 0 heterocycles. The number of methoxy groups -OCH3 is 1. The molecule has 0 saturated heterocycles. The van der Waals surface area contributed by atoms with Crippen molar-refractivity contribution in [3.63, 3.8) is 0 Å². The van der Waals surface area contributed by atoms with E-state index in [4.69, 9.17) is 10.1 Å². The number of nitrogens with one attached hydrogen (secondary N) is 1. The number of nitrogens with zero attached hydrogens (tertiary/aromatic N) is 1. The molecule has 0 unspecified atom stereocenters. The zero-order valence-electron chi connectivity index (χ0n) is 12.0. The zero-order valence-corrected chi connectivity index (χ0v) is 12.0. The Morgan fingerprint density at radius 2 is 1.75 bits per heavy atom. The van der Waals surface area contributed by atoms with Gasteiger partial charge in [-0.05, 0) is 30.7 Å². The predicted molar refractivity (Wildman–Crippen MR) is 82.3 cm³/mol. The van der Waals surface area contributed by atoms with Gasteiger partial charge in [-0.2, -0.15) is 0 Å². The number of hydrogen-bond donors (Lipinski definition) is 1. The van der Waals surface area contributed by atoms with Gasteiger partial charge in [0.15, 0.2) is 0 Å². The highest BCUT2D eigenvalue weighted by molar-refractivity contribution is 5.51. The molecular formula is C17H21N2O. The minimum Gasteiger partial charge on any atom is -0.495 e.